The summed E-state index contributed by atoms with van der Waals surface area (Å²) in [6.07, 6.45) is 21.2. The van der Waals surface area contributed by atoms with E-state index in [1.807, 2.05) is 4.90 Å². The molecule has 1 atom stereocenters. The molecule has 0 radical (unpaired) electrons. The van der Waals surface area contributed by atoms with E-state index in [4.69, 9.17) is 9.47 Å². The van der Waals surface area contributed by atoms with Crippen LogP contribution in [0, 0.1) is 0 Å². The topological polar surface area (TPSA) is 38.8 Å². The minimum Gasteiger partial charge on any atom is -0.442 e. The molecule has 1 heterocycles. The highest BCUT2D eigenvalue weighted by molar-refractivity contribution is 5.69. The molecule has 1 aliphatic rings. The Morgan fingerprint density at radius 2 is 1.26 bits per heavy atom. The van der Waals surface area contributed by atoms with Gasteiger partial charge in [0.15, 0.2) is 0 Å². The van der Waals surface area contributed by atoms with Crippen LogP contribution in [0.5, 0.6) is 0 Å². The monoisotopic (exact) mass is 497 g/mol. The van der Waals surface area contributed by atoms with Crippen LogP contribution in [0.3, 0.4) is 0 Å². The van der Waals surface area contributed by atoms with Gasteiger partial charge in [0.1, 0.15) is 6.10 Å². The van der Waals surface area contributed by atoms with Crippen molar-refractivity contribution >= 4 is 6.09 Å². The Morgan fingerprint density at radius 3 is 1.77 bits per heavy atom. The Hall–Kier alpha value is -0.810. The molecular weight excluding hydrogens is 436 g/mol. The summed E-state index contributed by atoms with van der Waals surface area (Å²) in [6, 6.07) is 0. The van der Waals surface area contributed by atoms with Gasteiger partial charge in [0.05, 0.1) is 39.3 Å². The zero-order valence-electron chi connectivity index (χ0n) is 24.2. The molecule has 0 saturated carbocycles. The number of carbonyl (C=O) groups is 1. The molecule has 1 rings (SSSR count). The van der Waals surface area contributed by atoms with Crippen LogP contribution in [0.15, 0.2) is 0 Å². The van der Waals surface area contributed by atoms with Crippen molar-refractivity contribution in [1.29, 1.82) is 0 Å². The fourth-order valence-electron chi connectivity index (χ4n) is 5.35. The first kappa shape index (κ1) is 32.2. The summed E-state index contributed by atoms with van der Waals surface area (Å²) in [7, 11) is 0. The number of ether oxygens (including phenoxy) is 2. The van der Waals surface area contributed by atoms with Gasteiger partial charge >= 0.3 is 6.09 Å². The SMILES string of the molecule is CCCCCCCCCCCCCCCCOCC1CN(CCCC[N+](CC)(CC)CC)C(=O)O1. The van der Waals surface area contributed by atoms with Crippen LogP contribution in [-0.2, 0) is 9.47 Å². The van der Waals surface area contributed by atoms with E-state index in [1.165, 1.54) is 121 Å². The minimum atomic E-state index is -0.155. The molecule has 1 fully saturated rings. The zero-order valence-corrected chi connectivity index (χ0v) is 24.2. The summed E-state index contributed by atoms with van der Waals surface area (Å²) < 4.78 is 12.5. The average Bonchev–Trinajstić information content (AvgIpc) is 3.23. The van der Waals surface area contributed by atoms with Gasteiger partial charge in [-0.15, -0.1) is 0 Å². The third kappa shape index (κ3) is 15.1. The average molecular weight is 498 g/mol. The molecule has 0 aromatic rings. The first-order chi connectivity index (χ1) is 17.1. The van der Waals surface area contributed by atoms with Gasteiger partial charge in [0.25, 0.3) is 0 Å². The van der Waals surface area contributed by atoms with Crippen molar-refractivity contribution in [3.05, 3.63) is 0 Å². The molecule has 1 unspecified atom stereocenters. The number of nitrogens with zero attached hydrogens (tertiary/aromatic N) is 2. The van der Waals surface area contributed by atoms with E-state index in [2.05, 4.69) is 27.7 Å². The molecule has 0 bridgehead atoms. The molecule has 1 amide bonds. The smallest absolute Gasteiger partial charge is 0.410 e. The van der Waals surface area contributed by atoms with Gasteiger partial charge in [-0.3, -0.25) is 0 Å². The van der Waals surface area contributed by atoms with Crippen LogP contribution in [-0.4, -0.2) is 74.1 Å². The minimum absolute atomic E-state index is 0.0917. The summed E-state index contributed by atoms with van der Waals surface area (Å²) in [5, 5.41) is 0. The van der Waals surface area contributed by atoms with Crippen LogP contribution in [0.1, 0.15) is 130 Å². The van der Waals surface area contributed by atoms with Crippen molar-refractivity contribution in [2.45, 2.75) is 137 Å². The van der Waals surface area contributed by atoms with Gasteiger partial charge in [-0.1, -0.05) is 90.4 Å². The predicted molar refractivity (Wildman–Crippen MR) is 149 cm³/mol. The molecule has 5 nitrogen and oxygen atoms in total. The van der Waals surface area contributed by atoms with E-state index in [-0.39, 0.29) is 12.2 Å². The first-order valence-corrected chi connectivity index (χ1v) is 15.5. The first-order valence-electron chi connectivity index (χ1n) is 15.5. The second-order valence-electron chi connectivity index (χ2n) is 10.8. The maximum absolute atomic E-state index is 12.2. The molecule has 1 saturated heterocycles. The maximum atomic E-state index is 12.2. The standard InChI is InChI=1S/C30H61N2O3/c1-5-9-10-11-12-13-14-15-16-17-18-19-20-23-26-34-28-29-27-31(30(33)35-29)24-21-22-25-32(6-2,7-3)8-4/h29H,5-28H2,1-4H3/q+1. The second kappa shape index (κ2) is 21.3. The van der Waals surface area contributed by atoms with Crippen molar-refractivity contribution in [1.82, 2.24) is 4.90 Å². The quantitative estimate of drug-likeness (QED) is 0.0948. The number of amides is 1. The summed E-state index contributed by atoms with van der Waals surface area (Å²) in [5.41, 5.74) is 0. The van der Waals surface area contributed by atoms with Crippen molar-refractivity contribution < 1.29 is 18.8 Å². The largest absolute Gasteiger partial charge is 0.442 e. The Bertz CT molecular complexity index is 488. The van der Waals surface area contributed by atoms with Crippen molar-refractivity contribution in [2.75, 3.05) is 52.5 Å². The Labute approximate surface area is 218 Å². The lowest BCUT2D eigenvalue weighted by atomic mass is 10.0. The predicted octanol–water partition coefficient (Wildman–Crippen LogP) is 7.96. The number of unbranched alkanes of at least 4 members (excludes halogenated alkanes) is 14. The van der Waals surface area contributed by atoms with Crippen LogP contribution >= 0.6 is 0 Å². The zero-order chi connectivity index (χ0) is 25.6. The summed E-state index contributed by atoms with van der Waals surface area (Å²) >= 11 is 0. The lowest BCUT2D eigenvalue weighted by molar-refractivity contribution is -0.923. The van der Waals surface area contributed by atoms with Crippen molar-refractivity contribution in [3.8, 4) is 0 Å². The lowest BCUT2D eigenvalue weighted by Gasteiger charge is -2.36. The van der Waals surface area contributed by atoms with Crippen molar-refractivity contribution in [2.24, 2.45) is 0 Å². The van der Waals surface area contributed by atoms with Crippen LogP contribution in [0.4, 0.5) is 4.79 Å². The van der Waals surface area contributed by atoms with E-state index in [0.717, 1.165) is 26.0 Å². The number of hydrogen-bond donors (Lipinski definition) is 0. The van der Waals surface area contributed by atoms with Crippen LogP contribution in [0.2, 0.25) is 0 Å². The van der Waals surface area contributed by atoms with Crippen molar-refractivity contribution in [3.63, 3.8) is 0 Å². The third-order valence-corrected chi connectivity index (χ3v) is 8.22. The van der Waals surface area contributed by atoms with Gasteiger partial charge in [-0.25, -0.2) is 4.79 Å². The summed E-state index contributed by atoms with van der Waals surface area (Å²) in [6.45, 7) is 16.8. The molecule has 208 valence electrons. The maximum Gasteiger partial charge on any atom is 0.410 e. The Morgan fingerprint density at radius 1 is 0.743 bits per heavy atom. The molecule has 0 spiro atoms. The molecule has 0 aliphatic carbocycles. The molecule has 0 N–H and O–H groups in total. The second-order valence-corrected chi connectivity index (χ2v) is 10.8. The van der Waals surface area contributed by atoms with Crippen LogP contribution < -0.4 is 0 Å². The molecular formula is C30H61N2O3+. The summed E-state index contributed by atoms with van der Waals surface area (Å²) in [4.78, 5) is 14.0. The van der Waals surface area contributed by atoms with E-state index < -0.39 is 0 Å². The van der Waals surface area contributed by atoms with Gasteiger partial charge in [0, 0.05) is 13.2 Å². The molecule has 0 aromatic heterocycles. The number of rotatable bonds is 25. The summed E-state index contributed by atoms with van der Waals surface area (Å²) in [5.74, 6) is 0. The highest BCUT2D eigenvalue weighted by atomic mass is 16.6. The van der Waals surface area contributed by atoms with Gasteiger partial charge < -0.3 is 18.9 Å². The van der Waals surface area contributed by atoms with Gasteiger partial charge in [-0.05, 0) is 40.0 Å². The molecule has 1 aliphatic heterocycles. The highest BCUT2D eigenvalue weighted by Gasteiger charge is 2.31. The fourth-order valence-corrected chi connectivity index (χ4v) is 5.35. The number of carbonyl (C=O) groups excluding carboxylic acids is 1. The van der Waals surface area contributed by atoms with E-state index >= 15 is 0 Å². The number of hydrogen-bond acceptors (Lipinski definition) is 3. The van der Waals surface area contributed by atoms with Gasteiger partial charge in [-0.2, -0.15) is 0 Å². The lowest BCUT2D eigenvalue weighted by Crippen LogP contribution is -2.48. The highest BCUT2D eigenvalue weighted by Crippen LogP contribution is 2.15. The number of cyclic esters (lactones) is 1. The molecule has 0 aromatic carbocycles. The van der Waals surface area contributed by atoms with Gasteiger partial charge in [0.2, 0.25) is 0 Å². The Balaban J connectivity index is 1.91. The number of quaternary nitrogens is 1. The Kier molecular flexibility index (Phi) is 19.6. The fraction of sp³-hybridized carbons (Fsp3) is 0.967. The van der Waals surface area contributed by atoms with E-state index in [0.29, 0.717) is 13.2 Å². The van der Waals surface area contributed by atoms with Crippen LogP contribution in [0.25, 0.3) is 0 Å². The third-order valence-electron chi connectivity index (χ3n) is 8.22. The normalized spacial score (nSPS) is 16.3. The van der Waals surface area contributed by atoms with E-state index in [9.17, 15) is 4.79 Å². The van der Waals surface area contributed by atoms with E-state index in [1.54, 1.807) is 0 Å². The molecule has 35 heavy (non-hydrogen) atoms. The molecule has 5 heteroatoms.